The highest BCUT2D eigenvalue weighted by atomic mass is 16.5. The summed E-state index contributed by atoms with van der Waals surface area (Å²) in [6.45, 7) is 5.70. The van der Waals surface area contributed by atoms with Gasteiger partial charge in [0.15, 0.2) is 0 Å². The second kappa shape index (κ2) is 9.32. The van der Waals surface area contributed by atoms with Gasteiger partial charge in [0.1, 0.15) is 0 Å². The smallest absolute Gasteiger partial charge is 0.222 e. The number of hydrogen-bond acceptors (Lipinski definition) is 4. The number of benzene rings is 1. The van der Waals surface area contributed by atoms with Gasteiger partial charge in [-0.3, -0.25) is 9.69 Å². The molecule has 0 saturated carbocycles. The van der Waals surface area contributed by atoms with Crippen LogP contribution in [0.4, 0.5) is 0 Å². The van der Waals surface area contributed by atoms with Gasteiger partial charge in [0.2, 0.25) is 5.91 Å². The Kier molecular flexibility index (Phi) is 6.84. The van der Waals surface area contributed by atoms with Crippen molar-refractivity contribution in [2.45, 2.75) is 37.8 Å². The first-order valence-corrected chi connectivity index (χ1v) is 9.58. The monoisotopic (exact) mass is 345 g/mol. The minimum atomic E-state index is 0.104. The zero-order valence-electron chi connectivity index (χ0n) is 15.3. The fourth-order valence-corrected chi connectivity index (χ4v) is 3.72. The molecule has 138 valence electrons. The van der Waals surface area contributed by atoms with E-state index in [4.69, 9.17) is 4.74 Å². The van der Waals surface area contributed by atoms with Crippen LogP contribution in [0.3, 0.4) is 0 Å². The Morgan fingerprint density at radius 2 is 1.96 bits per heavy atom. The van der Waals surface area contributed by atoms with Crippen LogP contribution < -0.4 is 5.32 Å². The topological polar surface area (TPSA) is 44.8 Å². The summed E-state index contributed by atoms with van der Waals surface area (Å²) in [6.07, 6.45) is 3.90. The van der Waals surface area contributed by atoms with Gasteiger partial charge in [-0.05, 0) is 31.9 Å². The number of nitrogens with zero attached hydrogens (tertiary/aromatic N) is 2. The van der Waals surface area contributed by atoms with Crippen LogP contribution >= 0.6 is 0 Å². The number of carbonyl (C=O) groups is 1. The van der Waals surface area contributed by atoms with E-state index in [2.05, 4.69) is 46.4 Å². The molecule has 2 aliphatic rings. The van der Waals surface area contributed by atoms with Crippen molar-refractivity contribution in [1.82, 2.24) is 15.1 Å². The molecule has 25 heavy (non-hydrogen) atoms. The van der Waals surface area contributed by atoms with Gasteiger partial charge in [0, 0.05) is 39.3 Å². The molecule has 0 aromatic heterocycles. The van der Waals surface area contributed by atoms with E-state index in [9.17, 15) is 4.79 Å². The van der Waals surface area contributed by atoms with Crippen molar-refractivity contribution in [3.05, 3.63) is 35.9 Å². The summed E-state index contributed by atoms with van der Waals surface area (Å²) in [7, 11) is 2.17. The molecule has 2 atom stereocenters. The molecule has 3 rings (SSSR count). The number of hydrogen-bond donors (Lipinski definition) is 1. The van der Waals surface area contributed by atoms with E-state index >= 15 is 0 Å². The van der Waals surface area contributed by atoms with Crippen molar-refractivity contribution in [3.63, 3.8) is 0 Å². The number of rotatable bonds is 6. The van der Waals surface area contributed by atoms with Gasteiger partial charge in [-0.15, -0.1) is 0 Å². The number of carbonyl (C=O) groups excluding carboxylic acids is 1. The van der Waals surface area contributed by atoms with Crippen molar-refractivity contribution < 1.29 is 9.53 Å². The molecule has 5 nitrogen and oxygen atoms in total. The Bertz CT molecular complexity index is 523. The fourth-order valence-electron chi connectivity index (χ4n) is 3.72. The van der Waals surface area contributed by atoms with Crippen LogP contribution in [0.2, 0.25) is 0 Å². The van der Waals surface area contributed by atoms with E-state index in [-0.39, 0.29) is 18.1 Å². The number of ether oxygens (including phenoxy) is 1. The lowest BCUT2D eigenvalue weighted by atomic mass is 10.0. The highest BCUT2D eigenvalue weighted by Gasteiger charge is 2.25. The zero-order valence-corrected chi connectivity index (χ0v) is 15.3. The van der Waals surface area contributed by atoms with Gasteiger partial charge in [0.25, 0.3) is 0 Å². The van der Waals surface area contributed by atoms with Crippen LogP contribution in [0.15, 0.2) is 30.3 Å². The van der Waals surface area contributed by atoms with Crippen LogP contribution in [-0.2, 0) is 9.53 Å². The van der Waals surface area contributed by atoms with Crippen molar-refractivity contribution in [2.24, 2.45) is 0 Å². The molecule has 2 heterocycles. The summed E-state index contributed by atoms with van der Waals surface area (Å²) >= 11 is 0. The van der Waals surface area contributed by atoms with Gasteiger partial charge < -0.3 is 15.0 Å². The number of nitrogens with one attached hydrogen (secondary N) is 1. The molecular formula is C20H31N3O2. The summed E-state index contributed by atoms with van der Waals surface area (Å²) in [5.41, 5.74) is 1.28. The SMILES string of the molecule is CN1CCN(C(CNC(=O)CC2CCCCO2)c2ccccc2)CC1. The summed E-state index contributed by atoms with van der Waals surface area (Å²) < 4.78 is 5.69. The van der Waals surface area contributed by atoms with Gasteiger partial charge in [-0.1, -0.05) is 30.3 Å². The average molecular weight is 345 g/mol. The minimum absolute atomic E-state index is 0.104. The molecular weight excluding hydrogens is 314 g/mol. The average Bonchev–Trinajstić information content (AvgIpc) is 2.65. The Morgan fingerprint density at radius 1 is 1.20 bits per heavy atom. The van der Waals surface area contributed by atoms with Crippen molar-refractivity contribution in [3.8, 4) is 0 Å². The predicted molar refractivity (Wildman–Crippen MR) is 99.5 cm³/mol. The summed E-state index contributed by atoms with van der Waals surface area (Å²) in [5, 5.41) is 3.16. The van der Waals surface area contributed by atoms with E-state index in [1.165, 1.54) is 12.0 Å². The number of piperazine rings is 1. The van der Waals surface area contributed by atoms with Gasteiger partial charge in [-0.25, -0.2) is 0 Å². The van der Waals surface area contributed by atoms with Crippen LogP contribution in [0, 0.1) is 0 Å². The predicted octanol–water partition coefficient (Wildman–Crippen LogP) is 2.05. The van der Waals surface area contributed by atoms with Crippen molar-refractivity contribution >= 4 is 5.91 Å². The van der Waals surface area contributed by atoms with Gasteiger partial charge in [0.05, 0.1) is 18.6 Å². The molecule has 1 aromatic rings. The molecule has 1 amide bonds. The lowest BCUT2D eigenvalue weighted by Gasteiger charge is -2.38. The third-order valence-electron chi connectivity index (χ3n) is 5.34. The molecule has 2 unspecified atom stereocenters. The quantitative estimate of drug-likeness (QED) is 0.857. The normalized spacial score (nSPS) is 24.0. The fraction of sp³-hybridized carbons (Fsp3) is 0.650. The van der Waals surface area contributed by atoms with Crippen LogP contribution in [0.5, 0.6) is 0 Å². The van der Waals surface area contributed by atoms with Crippen LogP contribution in [-0.4, -0.2) is 68.2 Å². The first-order chi connectivity index (χ1) is 12.2. The molecule has 2 fully saturated rings. The summed E-state index contributed by atoms with van der Waals surface area (Å²) in [5.74, 6) is 0.113. The van der Waals surface area contributed by atoms with E-state index in [1.807, 2.05) is 6.07 Å². The van der Waals surface area contributed by atoms with Crippen molar-refractivity contribution in [1.29, 1.82) is 0 Å². The first-order valence-electron chi connectivity index (χ1n) is 9.58. The van der Waals surface area contributed by atoms with Crippen LogP contribution in [0.1, 0.15) is 37.3 Å². The van der Waals surface area contributed by atoms with Gasteiger partial charge >= 0.3 is 0 Å². The van der Waals surface area contributed by atoms with E-state index in [0.29, 0.717) is 13.0 Å². The van der Waals surface area contributed by atoms with E-state index in [1.54, 1.807) is 0 Å². The lowest BCUT2D eigenvalue weighted by Crippen LogP contribution is -2.48. The minimum Gasteiger partial charge on any atom is -0.378 e. The maximum atomic E-state index is 12.4. The standard InChI is InChI=1S/C20H31N3O2/c1-22-10-12-23(13-11-22)19(17-7-3-2-4-8-17)16-21-20(24)15-18-9-5-6-14-25-18/h2-4,7-8,18-19H,5-6,9-16H2,1H3,(H,21,24). The molecule has 0 bridgehead atoms. The maximum Gasteiger partial charge on any atom is 0.222 e. The Hall–Kier alpha value is -1.43. The second-order valence-electron chi connectivity index (χ2n) is 7.26. The van der Waals surface area contributed by atoms with E-state index < -0.39 is 0 Å². The molecule has 2 aliphatic heterocycles. The molecule has 0 aliphatic carbocycles. The molecule has 1 aromatic carbocycles. The highest BCUT2D eigenvalue weighted by molar-refractivity contribution is 5.76. The second-order valence-corrected chi connectivity index (χ2v) is 7.26. The number of amides is 1. The lowest BCUT2D eigenvalue weighted by molar-refractivity contribution is -0.125. The van der Waals surface area contributed by atoms with Crippen molar-refractivity contribution in [2.75, 3.05) is 46.4 Å². The first kappa shape index (κ1) is 18.4. The third-order valence-corrected chi connectivity index (χ3v) is 5.34. The summed E-state index contributed by atoms with van der Waals surface area (Å²) in [4.78, 5) is 17.2. The molecule has 0 radical (unpaired) electrons. The third kappa shape index (κ3) is 5.53. The maximum absolute atomic E-state index is 12.4. The summed E-state index contributed by atoms with van der Waals surface area (Å²) in [6, 6.07) is 10.8. The largest absolute Gasteiger partial charge is 0.378 e. The Labute approximate surface area is 151 Å². The Balaban J connectivity index is 1.56. The zero-order chi connectivity index (χ0) is 17.5. The van der Waals surface area contributed by atoms with Gasteiger partial charge in [-0.2, -0.15) is 0 Å². The molecule has 0 spiro atoms. The Morgan fingerprint density at radius 3 is 2.64 bits per heavy atom. The molecule has 2 saturated heterocycles. The molecule has 1 N–H and O–H groups in total. The molecule has 5 heteroatoms. The van der Waals surface area contributed by atoms with E-state index in [0.717, 1.165) is 45.6 Å². The van der Waals surface area contributed by atoms with Crippen LogP contribution in [0.25, 0.3) is 0 Å². The number of likely N-dealkylation sites (N-methyl/N-ethyl adjacent to an activating group) is 1. The highest BCUT2D eigenvalue weighted by Crippen LogP contribution is 2.22.